The highest BCUT2D eigenvalue weighted by molar-refractivity contribution is 5.92. The average Bonchev–Trinajstić information content (AvgIpc) is 2.30. The smallest absolute Gasteiger partial charge is 0.222 e. The molecule has 0 spiro atoms. The fourth-order valence-corrected chi connectivity index (χ4v) is 8.52. The fourth-order valence-electron chi connectivity index (χ4n) is 8.52. The maximum absolute atomic E-state index is 5.98. The Morgan fingerprint density at radius 2 is 0.844 bits per heavy atom. The zero-order valence-electron chi connectivity index (χ0n) is 55.2. The predicted molar refractivity (Wildman–Crippen MR) is 369 cm³/mol. The molecule has 474 valence electrons. The maximum atomic E-state index is 5.98. The molecule has 0 saturated heterocycles. The van der Waals surface area contributed by atoms with E-state index in [0.29, 0.717) is 81.1 Å². The molecule has 0 radical (unpaired) electrons. The lowest BCUT2D eigenvalue weighted by Crippen LogP contribution is -2.15. The molecular weight excluding hydrogens is 1130 g/mol. The van der Waals surface area contributed by atoms with Gasteiger partial charge in [0.05, 0.1) is 51.1 Å². The quantitative estimate of drug-likeness (QED) is 0.0672. The molecular formula is C65H89N25. The number of H-pyrrole nitrogens is 2. The molecule has 12 heterocycles. The summed E-state index contributed by atoms with van der Waals surface area (Å²) in [6.45, 7) is 37.9. The molecule has 0 bridgehead atoms. The van der Waals surface area contributed by atoms with Crippen molar-refractivity contribution in [1.29, 1.82) is 0 Å². The minimum Gasteiger partial charge on any atom is -0.398 e. The number of aromatic nitrogens is 15. The second-order valence-corrected chi connectivity index (χ2v) is 28.2. The van der Waals surface area contributed by atoms with Crippen LogP contribution in [0.5, 0.6) is 0 Å². The number of aromatic amines is 2. The van der Waals surface area contributed by atoms with Gasteiger partial charge in [0, 0.05) is 102 Å². The SMILES string of the molecule is CC(C)(C)c1cc(N)c2ccc(N)nc2n1.CC(C)(C)c1cc(N)c2cnc(N)cc2n1.CC(C)(C)c1cc(N)c2cnc(N)nc2n1.CC(C)(C)c1ccc2[nH]c(N)nc2n1.CC(C)(C)c1ccc2c(n1)CC(N)=N2.CC(C)(C)c1cnc2nc(N)[nH]c2n1. The molecule has 0 aromatic carbocycles. The van der Waals surface area contributed by atoms with Crippen LogP contribution in [0, 0.1) is 0 Å². The van der Waals surface area contributed by atoms with E-state index < -0.39 is 0 Å². The molecule has 25 nitrogen and oxygen atoms in total. The number of pyridine rings is 7. The van der Waals surface area contributed by atoms with Gasteiger partial charge in [-0.3, -0.25) is 9.97 Å². The second-order valence-electron chi connectivity index (χ2n) is 28.2. The number of nitrogens with zero attached hydrogens (tertiary/aromatic N) is 14. The molecule has 11 aromatic heterocycles. The summed E-state index contributed by atoms with van der Waals surface area (Å²) in [6, 6.07) is 19.0. The highest BCUT2D eigenvalue weighted by atomic mass is 15.1. The Morgan fingerprint density at radius 1 is 0.356 bits per heavy atom. The van der Waals surface area contributed by atoms with Crippen molar-refractivity contribution in [3.63, 3.8) is 0 Å². The molecule has 90 heavy (non-hydrogen) atoms. The van der Waals surface area contributed by atoms with Crippen LogP contribution >= 0.6 is 0 Å². The zero-order valence-corrected chi connectivity index (χ0v) is 55.2. The molecule has 0 aliphatic carbocycles. The minimum atomic E-state index is -0.0674. The van der Waals surface area contributed by atoms with Crippen molar-refractivity contribution in [2.75, 3.05) is 45.9 Å². The first-order chi connectivity index (χ1) is 41.5. The van der Waals surface area contributed by atoms with E-state index in [2.05, 4.69) is 204 Å². The second kappa shape index (κ2) is 25.5. The fraction of sp³-hybridized carbons (Fsp3) is 0.385. The van der Waals surface area contributed by atoms with Crippen LogP contribution < -0.4 is 51.6 Å². The van der Waals surface area contributed by atoms with E-state index >= 15 is 0 Å². The number of aliphatic imine (C=N–C) groups is 1. The Morgan fingerprint density at radius 3 is 1.43 bits per heavy atom. The average molecular weight is 1220 g/mol. The number of fused-ring (bicyclic) bond motifs is 6. The molecule has 1 aliphatic heterocycles. The van der Waals surface area contributed by atoms with Gasteiger partial charge in [0.15, 0.2) is 34.2 Å². The van der Waals surface area contributed by atoms with Crippen LogP contribution in [-0.2, 0) is 38.9 Å². The summed E-state index contributed by atoms with van der Waals surface area (Å²) in [5.41, 5.74) is 66.0. The van der Waals surface area contributed by atoms with Crippen LogP contribution in [0.15, 0.2) is 84.2 Å². The molecule has 1 aliphatic rings. The van der Waals surface area contributed by atoms with Gasteiger partial charge in [-0.05, 0) is 54.6 Å². The van der Waals surface area contributed by atoms with E-state index in [9.17, 15) is 0 Å². The Balaban J connectivity index is 0.000000154. The molecule has 25 heteroatoms. The first-order valence-corrected chi connectivity index (χ1v) is 29.3. The third-order valence-electron chi connectivity index (χ3n) is 13.9. The first kappa shape index (κ1) is 67.3. The van der Waals surface area contributed by atoms with Crippen LogP contribution in [0.1, 0.15) is 164 Å². The van der Waals surface area contributed by atoms with Gasteiger partial charge in [-0.25, -0.2) is 44.9 Å². The molecule has 0 fully saturated rings. The van der Waals surface area contributed by atoms with E-state index in [0.717, 1.165) is 72.7 Å². The summed E-state index contributed by atoms with van der Waals surface area (Å²) in [7, 11) is 0. The lowest BCUT2D eigenvalue weighted by atomic mass is 9.91. The molecule has 0 saturated carbocycles. The van der Waals surface area contributed by atoms with Gasteiger partial charge in [0.1, 0.15) is 17.5 Å². The number of imidazole rings is 2. The van der Waals surface area contributed by atoms with Crippen LogP contribution in [-0.4, -0.2) is 80.6 Å². The van der Waals surface area contributed by atoms with Crippen molar-refractivity contribution in [1.82, 2.24) is 74.8 Å². The Hall–Kier alpha value is -10.2. The van der Waals surface area contributed by atoms with Gasteiger partial charge in [0.2, 0.25) is 11.9 Å². The summed E-state index contributed by atoms with van der Waals surface area (Å²) >= 11 is 0. The van der Waals surface area contributed by atoms with Gasteiger partial charge >= 0.3 is 0 Å². The maximum Gasteiger partial charge on any atom is 0.222 e. The van der Waals surface area contributed by atoms with Gasteiger partial charge in [-0.15, -0.1) is 0 Å². The highest BCUT2D eigenvalue weighted by Gasteiger charge is 2.23. The highest BCUT2D eigenvalue weighted by Crippen LogP contribution is 2.32. The molecule has 11 aromatic rings. The van der Waals surface area contributed by atoms with Gasteiger partial charge in [-0.2, -0.15) is 15.0 Å². The predicted octanol–water partition coefficient (Wildman–Crippen LogP) is 10.7. The van der Waals surface area contributed by atoms with Crippen molar-refractivity contribution in [2.45, 2.75) is 164 Å². The van der Waals surface area contributed by atoms with E-state index in [1.165, 1.54) is 0 Å². The van der Waals surface area contributed by atoms with Crippen molar-refractivity contribution in [3.8, 4) is 0 Å². The number of nitrogens with two attached hydrogens (primary N) is 9. The Bertz CT molecular complexity index is 4070. The van der Waals surface area contributed by atoms with E-state index in [4.69, 9.17) is 51.6 Å². The van der Waals surface area contributed by atoms with E-state index in [-0.39, 0.29) is 38.4 Å². The number of nitrogen functional groups attached to an aromatic ring is 8. The number of anilines is 8. The van der Waals surface area contributed by atoms with E-state index in [1.807, 2.05) is 48.5 Å². The number of hydrogen-bond donors (Lipinski definition) is 11. The Labute approximate surface area is 525 Å². The van der Waals surface area contributed by atoms with E-state index in [1.54, 1.807) is 30.7 Å². The number of rotatable bonds is 0. The molecule has 20 N–H and O–H groups in total. The third-order valence-corrected chi connectivity index (χ3v) is 13.9. The molecule has 0 unspecified atom stereocenters. The normalized spacial score (nSPS) is 12.5. The summed E-state index contributed by atoms with van der Waals surface area (Å²) < 4.78 is 0. The zero-order chi connectivity index (χ0) is 66.8. The standard InChI is InChI=1S/2C12H16N4.C11H15N5.C11H15N3.C10H14N4.C9H13N5/c1-12(2,3)10-4-8(13)7-6-15-11(14)5-9(7)16-10;1-12(2,3)9-6-8(13)7-4-5-10(14)16-11(7)15-9;1-11(2,3)8-4-7(12)6-5-14-10(13)16-9(6)15-8;1-11(2,3)9-5-4-7-8(13-9)6-10(12)14-7;1-10(2,3)7-5-4-6-8(13-7)14-9(11)12-6;1-9(2,3)5-4-11-6-7(12-5)14-8(10)13-6/h4-6H,1-3H3,(H2,13,16)(H2,14,15);4-6H,1-3H3,(H4,13,14,15,16);4-5H,1-3H3,(H4,12,13,14,15,16);4-5H,6H2,1-3H3,(H2,12,14);4-5H,1-3H3,(H3,11,12,13,14);4H,1-3H3,(H3,10,11,12,13,14). The molecule has 0 amide bonds. The van der Waals surface area contributed by atoms with Crippen LogP contribution in [0.25, 0.3) is 55.4 Å². The minimum absolute atomic E-state index is 0.0128. The van der Waals surface area contributed by atoms with Crippen molar-refractivity contribution in [2.24, 2.45) is 10.7 Å². The van der Waals surface area contributed by atoms with Crippen LogP contribution in [0.3, 0.4) is 0 Å². The lowest BCUT2D eigenvalue weighted by Gasteiger charge is -2.19. The number of hydrogen-bond acceptors (Lipinski definition) is 23. The topological polar surface area (TPSA) is 446 Å². The van der Waals surface area contributed by atoms with Gasteiger partial charge < -0.3 is 61.6 Å². The third kappa shape index (κ3) is 17.1. The lowest BCUT2D eigenvalue weighted by molar-refractivity contribution is 0.567. The van der Waals surface area contributed by atoms with Crippen molar-refractivity contribution < 1.29 is 0 Å². The summed E-state index contributed by atoms with van der Waals surface area (Å²) in [5.74, 6) is 2.57. The van der Waals surface area contributed by atoms with Crippen molar-refractivity contribution in [3.05, 3.63) is 119 Å². The summed E-state index contributed by atoms with van der Waals surface area (Å²) in [5, 5.41) is 2.44. The van der Waals surface area contributed by atoms with Crippen LogP contribution in [0.2, 0.25) is 0 Å². The number of nitrogens with one attached hydrogen (secondary N) is 2. The summed E-state index contributed by atoms with van der Waals surface area (Å²) in [4.78, 5) is 65.4. The van der Waals surface area contributed by atoms with Crippen LogP contribution in [0.4, 0.5) is 52.2 Å². The first-order valence-electron chi connectivity index (χ1n) is 29.3. The van der Waals surface area contributed by atoms with Crippen molar-refractivity contribution >= 4 is 113 Å². The monoisotopic (exact) mass is 1220 g/mol. The Kier molecular flexibility index (Phi) is 19.1. The summed E-state index contributed by atoms with van der Waals surface area (Å²) in [6.07, 6.45) is 5.70. The molecule has 0 atom stereocenters. The van der Waals surface area contributed by atoms with Gasteiger partial charge in [0.25, 0.3) is 0 Å². The molecule has 12 rings (SSSR count). The number of amidine groups is 1. The largest absolute Gasteiger partial charge is 0.398 e. The van der Waals surface area contributed by atoms with Gasteiger partial charge in [-0.1, -0.05) is 125 Å².